The van der Waals surface area contributed by atoms with E-state index in [1.807, 2.05) is 13.8 Å². The summed E-state index contributed by atoms with van der Waals surface area (Å²) in [6.07, 6.45) is 0. The molecular formula is C11H14FNOS. The zero-order valence-corrected chi connectivity index (χ0v) is 9.60. The van der Waals surface area contributed by atoms with Gasteiger partial charge >= 0.3 is 0 Å². The molecule has 0 fully saturated rings. The second-order valence-corrected chi connectivity index (χ2v) is 4.51. The number of nitrogens with one attached hydrogen (secondary N) is 1. The lowest BCUT2D eigenvalue weighted by Crippen LogP contribution is -2.31. The summed E-state index contributed by atoms with van der Waals surface area (Å²) in [4.78, 5) is 12.2. The molecular weight excluding hydrogens is 213 g/mol. The summed E-state index contributed by atoms with van der Waals surface area (Å²) in [6.45, 7) is 3.83. The summed E-state index contributed by atoms with van der Waals surface area (Å²) in [5.41, 5.74) is 0. The predicted molar refractivity (Wildman–Crippen MR) is 60.4 cm³/mol. The number of hydrogen-bond acceptors (Lipinski definition) is 2. The molecule has 0 aliphatic carbocycles. The van der Waals surface area contributed by atoms with E-state index in [9.17, 15) is 9.18 Å². The van der Waals surface area contributed by atoms with Gasteiger partial charge in [-0.05, 0) is 38.1 Å². The molecule has 0 heterocycles. The lowest BCUT2D eigenvalue weighted by atomic mass is 10.4. The standard InChI is InChI=1S/C11H14FNOS/c1-8(2)13-11(14)7-15-10-5-3-9(12)4-6-10/h3-6,8H,7H2,1-2H3,(H,13,14). The lowest BCUT2D eigenvalue weighted by molar-refractivity contribution is -0.119. The number of carbonyl (C=O) groups is 1. The van der Waals surface area contributed by atoms with Crippen molar-refractivity contribution in [3.8, 4) is 0 Å². The van der Waals surface area contributed by atoms with Crippen molar-refractivity contribution in [2.45, 2.75) is 24.8 Å². The first-order valence-corrected chi connectivity index (χ1v) is 5.74. The van der Waals surface area contributed by atoms with Gasteiger partial charge in [0.1, 0.15) is 5.82 Å². The van der Waals surface area contributed by atoms with Crippen LogP contribution in [0.15, 0.2) is 29.2 Å². The highest BCUT2D eigenvalue weighted by molar-refractivity contribution is 8.00. The van der Waals surface area contributed by atoms with Gasteiger partial charge in [0.15, 0.2) is 0 Å². The third-order valence-corrected chi connectivity index (χ3v) is 2.65. The number of hydrogen-bond donors (Lipinski definition) is 1. The van der Waals surface area contributed by atoms with Gasteiger partial charge in [-0.2, -0.15) is 0 Å². The molecule has 82 valence electrons. The highest BCUT2D eigenvalue weighted by atomic mass is 32.2. The van der Waals surface area contributed by atoms with Crippen molar-refractivity contribution in [3.05, 3.63) is 30.1 Å². The normalized spacial score (nSPS) is 10.4. The largest absolute Gasteiger partial charge is 0.353 e. The van der Waals surface area contributed by atoms with Crippen LogP contribution in [0.2, 0.25) is 0 Å². The highest BCUT2D eigenvalue weighted by Crippen LogP contribution is 2.17. The van der Waals surface area contributed by atoms with E-state index >= 15 is 0 Å². The molecule has 4 heteroatoms. The monoisotopic (exact) mass is 227 g/mol. The Kier molecular flexibility index (Phi) is 4.62. The Bertz CT molecular complexity index is 324. The third-order valence-electron chi connectivity index (χ3n) is 1.63. The minimum atomic E-state index is -0.258. The van der Waals surface area contributed by atoms with Crippen molar-refractivity contribution in [1.82, 2.24) is 5.32 Å². The van der Waals surface area contributed by atoms with E-state index in [0.717, 1.165) is 4.90 Å². The van der Waals surface area contributed by atoms with Crippen molar-refractivity contribution in [3.63, 3.8) is 0 Å². The van der Waals surface area contributed by atoms with Crippen molar-refractivity contribution < 1.29 is 9.18 Å². The molecule has 0 aromatic heterocycles. The molecule has 1 N–H and O–H groups in total. The topological polar surface area (TPSA) is 29.1 Å². The highest BCUT2D eigenvalue weighted by Gasteiger charge is 2.03. The molecule has 0 bridgehead atoms. The van der Waals surface area contributed by atoms with Crippen LogP contribution in [0.3, 0.4) is 0 Å². The number of thioether (sulfide) groups is 1. The van der Waals surface area contributed by atoms with Crippen LogP contribution in [0.25, 0.3) is 0 Å². The lowest BCUT2D eigenvalue weighted by Gasteiger charge is -2.07. The molecule has 0 spiro atoms. The molecule has 0 atom stereocenters. The minimum Gasteiger partial charge on any atom is -0.353 e. The Labute approximate surface area is 93.3 Å². The second-order valence-electron chi connectivity index (χ2n) is 3.46. The fourth-order valence-corrected chi connectivity index (χ4v) is 1.75. The zero-order chi connectivity index (χ0) is 11.3. The van der Waals surface area contributed by atoms with E-state index in [0.29, 0.717) is 5.75 Å². The fourth-order valence-electron chi connectivity index (χ4n) is 1.04. The number of halogens is 1. The number of amides is 1. The van der Waals surface area contributed by atoms with Gasteiger partial charge in [-0.25, -0.2) is 4.39 Å². The molecule has 0 unspecified atom stereocenters. The van der Waals surface area contributed by atoms with Gasteiger partial charge in [0, 0.05) is 10.9 Å². The molecule has 2 nitrogen and oxygen atoms in total. The van der Waals surface area contributed by atoms with Crippen LogP contribution in [-0.2, 0) is 4.79 Å². The Morgan fingerprint density at radius 1 is 1.40 bits per heavy atom. The van der Waals surface area contributed by atoms with E-state index in [4.69, 9.17) is 0 Å². The minimum absolute atomic E-state index is 0.000625. The van der Waals surface area contributed by atoms with Gasteiger partial charge in [-0.15, -0.1) is 11.8 Å². The summed E-state index contributed by atoms with van der Waals surface area (Å²) >= 11 is 1.40. The summed E-state index contributed by atoms with van der Waals surface area (Å²) < 4.78 is 12.6. The van der Waals surface area contributed by atoms with E-state index in [1.54, 1.807) is 12.1 Å². The first kappa shape index (κ1) is 12.0. The molecule has 0 aliphatic rings. The first-order valence-electron chi connectivity index (χ1n) is 4.75. The Morgan fingerprint density at radius 2 is 2.00 bits per heavy atom. The molecule has 1 aromatic rings. The summed E-state index contributed by atoms with van der Waals surface area (Å²) in [6, 6.07) is 6.28. The molecule has 1 amide bonds. The van der Waals surface area contributed by atoms with E-state index in [2.05, 4.69) is 5.32 Å². The molecule has 0 saturated carbocycles. The predicted octanol–water partition coefficient (Wildman–Crippen LogP) is 2.44. The number of rotatable bonds is 4. The van der Waals surface area contributed by atoms with Gasteiger partial charge in [0.25, 0.3) is 0 Å². The fraction of sp³-hybridized carbons (Fsp3) is 0.364. The SMILES string of the molecule is CC(C)NC(=O)CSc1ccc(F)cc1. The summed E-state index contributed by atoms with van der Waals surface area (Å²) in [7, 11) is 0. The van der Waals surface area contributed by atoms with Gasteiger partial charge < -0.3 is 5.32 Å². The molecule has 15 heavy (non-hydrogen) atoms. The van der Waals surface area contributed by atoms with E-state index in [-0.39, 0.29) is 17.8 Å². The smallest absolute Gasteiger partial charge is 0.230 e. The Morgan fingerprint density at radius 3 is 2.53 bits per heavy atom. The summed E-state index contributed by atoms with van der Waals surface area (Å²) in [5.74, 6) is 0.106. The van der Waals surface area contributed by atoms with Crippen LogP contribution in [0.1, 0.15) is 13.8 Å². The molecule has 1 aromatic carbocycles. The number of benzene rings is 1. The Balaban J connectivity index is 2.37. The third kappa shape index (κ3) is 4.83. The van der Waals surface area contributed by atoms with Crippen LogP contribution in [0.5, 0.6) is 0 Å². The van der Waals surface area contributed by atoms with Crippen molar-refractivity contribution in [2.75, 3.05) is 5.75 Å². The maximum atomic E-state index is 12.6. The molecule has 1 rings (SSSR count). The van der Waals surface area contributed by atoms with Crippen molar-refractivity contribution in [2.24, 2.45) is 0 Å². The molecule has 0 radical (unpaired) electrons. The van der Waals surface area contributed by atoms with E-state index in [1.165, 1.54) is 23.9 Å². The van der Waals surface area contributed by atoms with Crippen molar-refractivity contribution in [1.29, 1.82) is 0 Å². The second kappa shape index (κ2) is 5.75. The average Bonchev–Trinajstić information content (AvgIpc) is 2.16. The number of carbonyl (C=O) groups excluding carboxylic acids is 1. The van der Waals surface area contributed by atoms with Crippen LogP contribution in [0.4, 0.5) is 4.39 Å². The van der Waals surface area contributed by atoms with E-state index < -0.39 is 0 Å². The summed E-state index contributed by atoms with van der Waals surface area (Å²) in [5, 5.41) is 2.79. The van der Waals surface area contributed by atoms with Crippen LogP contribution in [0, 0.1) is 5.82 Å². The van der Waals surface area contributed by atoms with Gasteiger partial charge in [-0.3, -0.25) is 4.79 Å². The van der Waals surface area contributed by atoms with Crippen LogP contribution < -0.4 is 5.32 Å². The van der Waals surface area contributed by atoms with Gasteiger partial charge in [0.05, 0.1) is 5.75 Å². The van der Waals surface area contributed by atoms with Gasteiger partial charge in [0.2, 0.25) is 5.91 Å². The maximum Gasteiger partial charge on any atom is 0.230 e. The first-order chi connectivity index (χ1) is 7.08. The van der Waals surface area contributed by atoms with Crippen molar-refractivity contribution >= 4 is 17.7 Å². The molecule has 0 saturated heterocycles. The Hall–Kier alpha value is -1.03. The zero-order valence-electron chi connectivity index (χ0n) is 8.79. The van der Waals surface area contributed by atoms with Crippen LogP contribution >= 0.6 is 11.8 Å². The van der Waals surface area contributed by atoms with Gasteiger partial charge in [-0.1, -0.05) is 0 Å². The maximum absolute atomic E-state index is 12.6. The average molecular weight is 227 g/mol. The molecule has 0 aliphatic heterocycles. The van der Waals surface area contributed by atoms with Crippen LogP contribution in [-0.4, -0.2) is 17.7 Å². The quantitative estimate of drug-likeness (QED) is 0.800.